The quantitative estimate of drug-likeness (QED) is 0.927. The maximum Gasteiger partial charge on any atom is 0.338 e. The van der Waals surface area contributed by atoms with Gasteiger partial charge >= 0.3 is 5.97 Å². The number of halogens is 2. The van der Waals surface area contributed by atoms with Crippen LogP contribution in [0.1, 0.15) is 15.9 Å². The fraction of sp³-hybridized carbons (Fsp3) is 0.0714. The molecule has 0 spiro atoms. The Bertz CT molecular complexity index is 596. The summed E-state index contributed by atoms with van der Waals surface area (Å²) in [4.78, 5) is 10.8. The number of hydrogen-bond donors (Lipinski definition) is 1. The van der Waals surface area contributed by atoms with Crippen LogP contribution >= 0.6 is 11.6 Å². The molecular formula is C14H10ClFO3. The van der Waals surface area contributed by atoms with Crippen LogP contribution < -0.4 is 4.74 Å². The van der Waals surface area contributed by atoms with E-state index in [2.05, 4.69) is 0 Å². The SMILES string of the molecule is O=C(O)c1cccc(COc2ccc(Cl)cc2)c1F. The van der Waals surface area contributed by atoms with E-state index in [4.69, 9.17) is 21.4 Å². The molecule has 19 heavy (non-hydrogen) atoms. The van der Waals surface area contributed by atoms with Crippen LogP contribution in [0.4, 0.5) is 4.39 Å². The van der Waals surface area contributed by atoms with Crippen LogP contribution in [0.5, 0.6) is 5.75 Å². The van der Waals surface area contributed by atoms with Crippen molar-refractivity contribution in [1.82, 2.24) is 0 Å². The summed E-state index contributed by atoms with van der Waals surface area (Å²) >= 11 is 5.73. The van der Waals surface area contributed by atoms with E-state index in [0.717, 1.165) is 0 Å². The van der Waals surface area contributed by atoms with Gasteiger partial charge in [-0.15, -0.1) is 0 Å². The first-order valence-electron chi connectivity index (χ1n) is 5.47. The summed E-state index contributed by atoms with van der Waals surface area (Å²) in [6.45, 7) is -0.0470. The van der Waals surface area contributed by atoms with Crippen LogP contribution in [0.25, 0.3) is 0 Å². The zero-order valence-electron chi connectivity index (χ0n) is 9.77. The van der Waals surface area contributed by atoms with E-state index in [1.807, 2.05) is 0 Å². The van der Waals surface area contributed by atoms with Gasteiger partial charge in [0.2, 0.25) is 0 Å². The Hall–Kier alpha value is -2.07. The van der Waals surface area contributed by atoms with Crippen molar-refractivity contribution >= 4 is 17.6 Å². The number of benzene rings is 2. The first-order chi connectivity index (χ1) is 9.08. The lowest BCUT2D eigenvalue weighted by molar-refractivity contribution is 0.0691. The van der Waals surface area contributed by atoms with Crippen LogP contribution in [0.3, 0.4) is 0 Å². The second-order valence-electron chi connectivity index (χ2n) is 3.83. The zero-order chi connectivity index (χ0) is 13.8. The van der Waals surface area contributed by atoms with Crippen molar-refractivity contribution in [2.45, 2.75) is 6.61 Å². The standard InChI is InChI=1S/C14H10ClFO3/c15-10-4-6-11(7-5-10)19-8-9-2-1-3-12(13(9)16)14(17)18/h1-7H,8H2,(H,17,18). The molecule has 0 aliphatic carbocycles. The average molecular weight is 281 g/mol. The van der Waals surface area contributed by atoms with E-state index in [1.54, 1.807) is 24.3 Å². The van der Waals surface area contributed by atoms with Crippen molar-refractivity contribution in [3.63, 3.8) is 0 Å². The summed E-state index contributed by atoms with van der Waals surface area (Å²) in [5.74, 6) is -1.54. The Morgan fingerprint density at radius 2 is 1.89 bits per heavy atom. The van der Waals surface area contributed by atoms with Gasteiger partial charge in [0.1, 0.15) is 18.2 Å². The highest BCUT2D eigenvalue weighted by molar-refractivity contribution is 6.30. The van der Waals surface area contributed by atoms with Crippen LogP contribution in [-0.2, 0) is 6.61 Å². The monoisotopic (exact) mass is 280 g/mol. The average Bonchev–Trinajstić information content (AvgIpc) is 2.39. The molecule has 0 radical (unpaired) electrons. The van der Waals surface area contributed by atoms with E-state index >= 15 is 0 Å². The van der Waals surface area contributed by atoms with E-state index in [-0.39, 0.29) is 17.7 Å². The van der Waals surface area contributed by atoms with Gasteiger partial charge in [-0.3, -0.25) is 0 Å². The van der Waals surface area contributed by atoms with Crippen LogP contribution in [-0.4, -0.2) is 11.1 Å². The third-order valence-corrected chi connectivity index (χ3v) is 2.77. The molecular weight excluding hydrogens is 271 g/mol. The number of carbonyl (C=O) groups is 1. The molecule has 0 heterocycles. The molecule has 0 aromatic heterocycles. The lowest BCUT2D eigenvalue weighted by Gasteiger charge is -2.08. The van der Waals surface area contributed by atoms with Gasteiger partial charge < -0.3 is 9.84 Å². The molecule has 0 aliphatic heterocycles. The Kier molecular flexibility index (Phi) is 4.02. The predicted octanol–water partition coefficient (Wildman–Crippen LogP) is 3.76. The topological polar surface area (TPSA) is 46.5 Å². The minimum atomic E-state index is -1.30. The minimum Gasteiger partial charge on any atom is -0.489 e. The summed E-state index contributed by atoms with van der Waals surface area (Å²) in [5.41, 5.74) is -0.174. The van der Waals surface area contributed by atoms with Gasteiger partial charge in [-0.05, 0) is 30.3 Å². The van der Waals surface area contributed by atoms with Crippen molar-refractivity contribution < 1.29 is 19.0 Å². The summed E-state index contributed by atoms with van der Waals surface area (Å²) in [6, 6.07) is 10.8. The van der Waals surface area contributed by atoms with Crippen molar-refractivity contribution in [1.29, 1.82) is 0 Å². The molecule has 0 saturated carbocycles. The number of ether oxygens (including phenoxy) is 1. The zero-order valence-corrected chi connectivity index (χ0v) is 10.5. The number of rotatable bonds is 4. The molecule has 2 aromatic carbocycles. The molecule has 0 bridgehead atoms. The molecule has 0 saturated heterocycles. The van der Waals surface area contributed by atoms with Crippen molar-refractivity contribution in [3.8, 4) is 5.75 Å². The highest BCUT2D eigenvalue weighted by Crippen LogP contribution is 2.19. The minimum absolute atomic E-state index is 0.0470. The molecule has 1 N–H and O–H groups in total. The first kappa shape index (κ1) is 13.4. The number of carboxylic acid groups (broad SMARTS) is 1. The Labute approximate surface area is 114 Å². The summed E-state index contributed by atoms with van der Waals surface area (Å²) in [6.07, 6.45) is 0. The van der Waals surface area contributed by atoms with Crippen molar-refractivity contribution in [2.75, 3.05) is 0 Å². The third kappa shape index (κ3) is 3.23. The molecule has 3 nitrogen and oxygen atoms in total. The van der Waals surface area contributed by atoms with Crippen LogP contribution in [0.2, 0.25) is 5.02 Å². The molecule has 98 valence electrons. The number of aromatic carboxylic acids is 1. The second kappa shape index (κ2) is 5.71. The summed E-state index contributed by atoms with van der Waals surface area (Å²) in [7, 11) is 0. The van der Waals surface area contributed by atoms with Gasteiger partial charge in [-0.1, -0.05) is 23.7 Å². The molecule has 2 aromatic rings. The molecule has 0 amide bonds. The largest absolute Gasteiger partial charge is 0.489 e. The van der Waals surface area contributed by atoms with Gasteiger partial charge in [-0.2, -0.15) is 0 Å². The molecule has 2 rings (SSSR count). The molecule has 0 unspecified atom stereocenters. The summed E-state index contributed by atoms with van der Waals surface area (Å²) in [5, 5.41) is 9.39. The summed E-state index contributed by atoms with van der Waals surface area (Å²) < 4.78 is 19.2. The fourth-order valence-electron chi connectivity index (χ4n) is 1.55. The lowest BCUT2D eigenvalue weighted by Crippen LogP contribution is -2.05. The predicted molar refractivity (Wildman–Crippen MR) is 69.1 cm³/mol. The molecule has 5 heteroatoms. The Balaban J connectivity index is 2.13. The highest BCUT2D eigenvalue weighted by atomic mass is 35.5. The third-order valence-electron chi connectivity index (χ3n) is 2.52. The first-order valence-corrected chi connectivity index (χ1v) is 5.85. The highest BCUT2D eigenvalue weighted by Gasteiger charge is 2.13. The van der Waals surface area contributed by atoms with E-state index in [9.17, 15) is 9.18 Å². The Morgan fingerprint density at radius 1 is 1.21 bits per heavy atom. The van der Waals surface area contributed by atoms with Gasteiger partial charge in [0.05, 0.1) is 5.56 Å². The lowest BCUT2D eigenvalue weighted by atomic mass is 10.1. The van der Waals surface area contributed by atoms with E-state index < -0.39 is 11.8 Å². The normalized spacial score (nSPS) is 10.2. The maximum absolute atomic E-state index is 13.8. The van der Waals surface area contributed by atoms with E-state index in [1.165, 1.54) is 18.2 Å². The number of carboxylic acids is 1. The smallest absolute Gasteiger partial charge is 0.338 e. The molecule has 0 aliphatic rings. The van der Waals surface area contributed by atoms with Crippen molar-refractivity contribution in [3.05, 3.63) is 64.4 Å². The van der Waals surface area contributed by atoms with Crippen LogP contribution in [0.15, 0.2) is 42.5 Å². The van der Waals surface area contributed by atoms with Gasteiger partial charge in [0.15, 0.2) is 0 Å². The van der Waals surface area contributed by atoms with Gasteiger partial charge in [-0.25, -0.2) is 9.18 Å². The fourth-order valence-corrected chi connectivity index (χ4v) is 1.67. The van der Waals surface area contributed by atoms with Crippen molar-refractivity contribution in [2.24, 2.45) is 0 Å². The number of hydrogen-bond acceptors (Lipinski definition) is 2. The van der Waals surface area contributed by atoms with Gasteiger partial charge in [0.25, 0.3) is 0 Å². The molecule has 0 fully saturated rings. The van der Waals surface area contributed by atoms with Gasteiger partial charge in [0, 0.05) is 10.6 Å². The Morgan fingerprint density at radius 3 is 2.53 bits per heavy atom. The van der Waals surface area contributed by atoms with Crippen LogP contribution in [0, 0.1) is 5.82 Å². The maximum atomic E-state index is 13.8. The second-order valence-corrected chi connectivity index (χ2v) is 4.26. The van der Waals surface area contributed by atoms with E-state index in [0.29, 0.717) is 10.8 Å². The molecule has 0 atom stereocenters.